The van der Waals surface area contributed by atoms with Gasteiger partial charge in [0.15, 0.2) is 17.5 Å². The smallest absolute Gasteiger partial charge is 0.164 e. The monoisotopic (exact) mass is 571 g/mol. The molecule has 0 atom stereocenters. The lowest BCUT2D eigenvalue weighted by Gasteiger charge is -2.19. The standard InChI is InChI=1S/C33H23BrN3P/c34-27-20-16-25(17-21-27)32-35-31(24-10-4-1-5-11-24)36-33(37-32)26-18-22-30(23-19-26)38(28-12-6-2-7-13-28)29-14-8-3-9-15-29/h1-23H. The fourth-order valence-corrected chi connectivity index (χ4v) is 6.86. The van der Waals surface area contributed by atoms with Crippen LogP contribution in [0.1, 0.15) is 0 Å². The van der Waals surface area contributed by atoms with Crippen molar-refractivity contribution in [3.8, 4) is 34.2 Å². The lowest BCUT2D eigenvalue weighted by Crippen LogP contribution is -2.20. The van der Waals surface area contributed by atoms with Crippen molar-refractivity contribution in [2.75, 3.05) is 0 Å². The Kier molecular flexibility index (Phi) is 7.17. The maximum Gasteiger partial charge on any atom is 0.164 e. The zero-order chi connectivity index (χ0) is 25.7. The summed E-state index contributed by atoms with van der Waals surface area (Å²) in [5, 5.41) is 3.93. The van der Waals surface area contributed by atoms with Crippen LogP contribution >= 0.6 is 23.9 Å². The van der Waals surface area contributed by atoms with Gasteiger partial charge >= 0.3 is 0 Å². The van der Waals surface area contributed by atoms with Gasteiger partial charge in [0.05, 0.1) is 0 Å². The van der Waals surface area contributed by atoms with Crippen LogP contribution in [0.4, 0.5) is 0 Å². The van der Waals surface area contributed by atoms with Crippen LogP contribution in [0.2, 0.25) is 0 Å². The molecule has 6 aromatic rings. The molecule has 5 heteroatoms. The third kappa shape index (κ3) is 5.33. The second-order valence-corrected chi connectivity index (χ2v) is 11.9. The molecule has 0 N–H and O–H groups in total. The minimum Gasteiger partial charge on any atom is -0.208 e. The summed E-state index contributed by atoms with van der Waals surface area (Å²) in [7, 11) is -0.673. The molecule has 0 radical (unpaired) electrons. The predicted molar refractivity (Wildman–Crippen MR) is 163 cm³/mol. The maximum atomic E-state index is 4.89. The van der Waals surface area contributed by atoms with Crippen molar-refractivity contribution in [3.63, 3.8) is 0 Å². The summed E-state index contributed by atoms with van der Waals surface area (Å²) in [6.45, 7) is 0. The lowest BCUT2D eigenvalue weighted by atomic mass is 10.1. The highest BCUT2D eigenvalue weighted by Gasteiger charge is 2.17. The fraction of sp³-hybridized carbons (Fsp3) is 0. The van der Waals surface area contributed by atoms with Crippen molar-refractivity contribution in [2.45, 2.75) is 0 Å². The number of aromatic nitrogens is 3. The van der Waals surface area contributed by atoms with Crippen LogP contribution in [0.25, 0.3) is 34.2 Å². The van der Waals surface area contributed by atoms with Gasteiger partial charge in [0.1, 0.15) is 0 Å². The van der Waals surface area contributed by atoms with Crippen LogP contribution in [-0.4, -0.2) is 15.0 Å². The first kappa shape index (κ1) is 24.4. The molecule has 38 heavy (non-hydrogen) atoms. The molecule has 0 spiro atoms. The van der Waals surface area contributed by atoms with Crippen LogP contribution in [0.15, 0.2) is 144 Å². The second kappa shape index (κ2) is 11.2. The number of hydrogen-bond donors (Lipinski definition) is 0. The molecule has 0 amide bonds. The summed E-state index contributed by atoms with van der Waals surface area (Å²) < 4.78 is 1.02. The Morgan fingerprint density at radius 2 is 0.711 bits per heavy atom. The lowest BCUT2D eigenvalue weighted by molar-refractivity contribution is 1.07. The molecule has 0 aliphatic rings. The van der Waals surface area contributed by atoms with E-state index in [0.717, 1.165) is 21.2 Å². The van der Waals surface area contributed by atoms with Crippen LogP contribution in [0.5, 0.6) is 0 Å². The van der Waals surface area contributed by atoms with E-state index in [0.29, 0.717) is 17.5 Å². The number of halogens is 1. The summed E-state index contributed by atoms with van der Waals surface area (Å²) >= 11 is 3.52. The molecule has 0 saturated carbocycles. The summed E-state index contributed by atoms with van der Waals surface area (Å²) in [6.07, 6.45) is 0. The summed E-state index contributed by atoms with van der Waals surface area (Å²) in [5.74, 6) is 1.97. The van der Waals surface area contributed by atoms with E-state index in [-0.39, 0.29) is 0 Å². The first-order valence-electron chi connectivity index (χ1n) is 12.3. The maximum absolute atomic E-state index is 4.89. The molecule has 0 aliphatic carbocycles. The first-order chi connectivity index (χ1) is 18.7. The van der Waals surface area contributed by atoms with Gasteiger partial charge in [-0.05, 0) is 36.0 Å². The Bertz CT molecular complexity index is 1600. The fourth-order valence-electron chi connectivity index (χ4n) is 4.31. The zero-order valence-electron chi connectivity index (χ0n) is 20.4. The molecule has 5 aromatic carbocycles. The molecule has 0 saturated heterocycles. The van der Waals surface area contributed by atoms with Gasteiger partial charge in [-0.3, -0.25) is 0 Å². The third-order valence-electron chi connectivity index (χ3n) is 6.18. The van der Waals surface area contributed by atoms with Gasteiger partial charge in [-0.15, -0.1) is 0 Å². The van der Waals surface area contributed by atoms with Gasteiger partial charge < -0.3 is 0 Å². The molecule has 1 heterocycles. The van der Waals surface area contributed by atoms with E-state index in [1.165, 1.54) is 15.9 Å². The van der Waals surface area contributed by atoms with E-state index < -0.39 is 7.92 Å². The number of nitrogens with zero attached hydrogens (tertiary/aromatic N) is 3. The van der Waals surface area contributed by atoms with Gasteiger partial charge in [0.25, 0.3) is 0 Å². The van der Waals surface area contributed by atoms with Gasteiger partial charge in [0.2, 0.25) is 0 Å². The predicted octanol–water partition coefficient (Wildman–Crippen LogP) is 7.39. The highest BCUT2D eigenvalue weighted by atomic mass is 79.9. The van der Waals surface area contributed by atoms with Crippen molar-refractivity contribution in [2.24, 2.45) is 0 Å². The molecule has 1 aromatic heterocycles. The third-order valence-corrected chi connectivity index (χ3v) is 9.15. The minimum absolute atomic E-state index is 0.654. The van der Waals surface area contributed by atoms with Gasteiger partial charge in [-0.25, -0.2) is 15.0 Å². The highest BCUT2D eigenvalue weighted by molar-refractivity contribution is 9.10. The van der Waals surface area contributed by atoms with Crippen molar-refractivity contribution < 1.29 is 0 Å². The number of hydrogen-bond acceptors (Lipinski definition) is 3. The normalized spacial score (nSPS) is 11.0. The Labute approximate surface area is 232 Å². The minimum atomic E-state index is -0.673. The van der Waals surface area contributed by atoms with E-state index in [1.807, 2.05) is 54.6 Å². The number of rotatable bonds is 6. The van der Waals surface area contributed by atoms with E-state index in [2.05, 4.69) is 101 Å². The second-order valence-electron chi connectivity index (χ2n) is 8.73. The Morgan fingerprint density at radius 1 is 0.368 bits per heavy atom. The molecule has 0 unspecified atom stereocenters. The average molecular weight is 572 g/mol. The van der Waals surface area contributed by atoms with Crippen LogP contribution in [0, 0.1) is 0 Å². The highest BCUT2D eigenvalue weighted by Crippen LogP contribution is 2.33. The van der Waals surface area contributed by atoms with Crippen molar-refractivity contribution >= 4 is 39.8 Å². The topological polar surface area (TPSA) is 38.7 Å². The average Bonchev–Trinajstić information content (AvgIpc) is 2.99. The summed E-state index contributed by atoms with van der Waals surface area (Å²) in [4.78, 5) is 14.6. The van der Waals surface area contributed by atoms with Crippen molar-refractivity contribution in [3.05, 3.63) is 144 Å². The van der Waals surface area contributed by atoms with Crippen molar-refractivity contribution in [1.82, 2.24) is 15.0 Å². The molecule has 0 bridgehead atoms. The zero-order valence-corrected chi connectivity index (χ0v) is 22.9. The SMILES string of the molecule is Brc1ccc(-c2nc(-c3ccccc3)nc(-c3ccc(P(c4ccccc4)c4ccccc4)cc3)n2)cc1. The first-order valence-corrected chi connectivity index (χ1v) is 14.5. The Morgan fingerprint density at radius 3 is 1.16 bits per heavy atom. The summed E-state index contributed by atoms with van der Waals surface area (Å²) in [6, 6.07) is 48.3. The van der Waals surface area contributed by atoms with Crippen LogP contribution < -0.4 is 15.9 Å². The van der Waals surface area contributed by atoms with Crippen molar-refractivity contribution in [1.29, 1.82) is 0 Å². The van der Waals surface area contributed by atoms with E-state index in [1.54, 1.807) is 0 Å². The quantitative estimate of drug-likeness (QED) is 0.195. The van der Waals surface area contributed by atoms with Crippen LogP contribution in [-0.2, 0) is 0 Å². The van der Waals surface area contributed by atoms with E-state index in [9.17, 15) is 0 Å². The van der Waals surface area contributed by atoms with Gasteiger partial charge in [-0.1, -0.05) is 143 Å². The van der Waals surface area contributed by atoms with Gasteiger partial charge in [0, 0.05) is 21.2 Å². The molecule has 0 fully saturated rings. The Balaban J connectivity index is 1.43. The van der Waals surface area contributed by atoms with Gasteiger partial charge in [-0.2, -0.15) is 0 Å². The molecule has 182 valence electrons. The largest absolute Gasteiger partial charge is 0.208 e. The summed E-state index contributed by atoms with van der Waals surface area (Å²) in [5.41, 5.74) is 2.87. The molecule has 0 aliphatic heterocycles. The van der Waals surface area contributed by atoms with Crippen LogP contribution in [0.3, 0.4) is 0 Å². The molecular formula is C33H23BrN3P. The van der Waals surface area contributed by atoms with E-state index in [4.69, 9.17) is 15.0 Å². The molecule has 6 rings (SSSR count). The number of benzene rings is 5. The Hall–Kier alpha value is -3.98. The van der Waals surface area contributed by atoms with E-state index >= 15 is 0 Å². The molecular weight excluding hydrogens is 549 g/mol. The molecule has 3 nitrogen and oxygen atoms in total.